The Balaban J connectivity index is 1.57. The van der Waals surface area contributed by atoms with E-state index in [1.807, 2.05) is 37.3 Å². The number of thiazole rings is 1. The van der Waals surface area contributed by atoms with Crippen LogP contribution in [0, 0.1) is 0 Å². The summed E-state index contributed by atoms with van der Waals surface area (Å²) in [5, 5.41) is 5.12. The van der Waals surface area contributed by atoms with Crippen molar-refractivity contribution in [3.05, 3.63) is 65.2 Å². The van der Waals surface area contributed by atoms with Crippen molar-refractivity contribution in [3.63, 3.8) is 0 Å². The van der Waals surface area contributed by atoms with Crippen LogP contribution in [0.3, 0.4) is 0 Å². The first kappa shape index (κ1) is 21.3. The molecule has 0 aliphatic rings. The number of carbonyl (C=O) groups excluding carboxylic acids is 2. The van der Waals surface area contributed by atoms with Gasteiger partial charge in [-0.3, -0.25) is 4.79 Å². The summed E-state index contributed by atoms with van der Waals surface area (Å²) in [7, 11) is 3.12. The molecular formula is C22H22N2O5S. The van der Waals surface area contributed by atoms with Crippen molar-refractivity contribution in [3.8, 4) is 22.1 Å². The molecule has 0 fully saturated rings. The van der Waals surface area contributed by atoms with Crippen molar-refractivity contribution in [2.24, 2.45) is 0 Å². The van der Waals surface area contributed by atoms with Gasteiger partial charge in [0.2, 0.25) is 0 Å². The minimum Gasteiger partial charge on any atom is -0.497 e. The zero-order chi connectivity index (χ0) is 21.5. The summed E-state index contributed by atoms with van der Waals surface area (Å²) >= 11 is 1.34. The zero-order valence-electron chi connectivity index (χ0n) is 16.9. The lowest BCUT2D eigenvalue weighted by atomic mass is 10.1. The second-order valence-electron chi connectivity index (χ2n) is 6.38. The maximum Gasteiger partial charge on any atom is 0.358 e. The first-order chi connectivity index (χ1) is 14.5. The molecule has 0 bridgehead atoms. The number of rotatable bonds is 8. The lowest BCUT2D eigenvalue weighted by Gasteiger charge is -2.18. The maximum atomic E-state index is 12.3. The SMILES string of the molecule is COc1ccc(OC)c(C(C)NC(=O)COC(=O)c2csc(-c3ccccc3)n2)c1. The van der Waals surface area contributed by atoms with E-state index in [0.717, 1.165) is 11.1 Å². The second kappa shape index (κ2) is 9.89. The number of aromatic nitrogens is 1. The fourth-order valence-electron chi connectivity index (χ4n) is 2.82. The third-order valence-electron chi connectivity index (χ3n) is 4.35. The number of ether oxygens (including phenoxy) is 3. The number of carbonyl (C=O) groups is 2. The molecule has 1 unspecified atom stereocenters. The van der Waals surface area contributed by atoms with Crippen molar-refractivity contribution >= 4 is 23.2 Å². The first-order valence-corrected chi connectivity index (χ1v) is 10.1. The summed E-state index contributed by atoms with van der Waals surface area (Å²) in [6.45, 7) is 1.40. The largest absolute Gasteiger partial charge is 0.497 e. The Morgan fingerprint density at radius 1 is 1.10 bits per heavy atom. The smallest absolute Gasteiger partial charge is 0.358 e. The summed E-state index contributed by atoms with van der Waals surface area (Å²) in [6, 6.07) is 14.5. The van der Waals surface area contributed by atoms with Gasteiger partial charge < -0.3 is 19.5 Å². The number of hydrogen-bond acceptors (Lipinski definition) is 7. The molecule has 8 heteroatoms. The van der Waals surface area contributed by atoms with Gasteiger partial charge in [0.25, 0.3) is 5.91 Å². The number of nitrogens with one attached hydrogen (secondary N) is 1. The van der Waals surface area contributed by atoms with Gasteiger partial charge in [0.05, 0.1) is 20.3 Å². The van der Waals surface area contributed by atoms with Crippen LogP contribution in [-0.4, -0.2) is 37.7 Å². The topological polar surface area (TPSA) is 86.8 Å². The van der Waals surface area contributed by atoms with Gasteiger partial charge in [-0.2, -0.15) is 0 Å². The lowest BCUT2D eigenvalue weighted by molar-refractivity contribution is -0.124. The molecule has 1 amide bonds. The lowest BCUT2D eigenvalue weighted by Crippen LogP contribution is -2.31. The van der Waals surface area contributed by atoms with E-state index in [1.165, 1.54) is 11.3 Å². The van der Waals surface area contributed by atoms with E-state index in [0.29, 0.717) is 16.5 Å². The van der Waals surface area contributed by atoms with Gasteiger partial charge in [0.1, 0.15) is 16.5 Å². The summed E-state index contributed by atoms with van der Waals surface area (Å²) in [6.07, 6.45) is 0. The fraction of sp³-hybridized carbons (Fsp3) is 0.227. The van der Waals surface area contributed by atoms with Gasteiger partial charge in [-0.05, 0) is 25.1 Å². The van der Waals surface area contributed by atoms with Gasteiger partial charge in [-0.15, -0.1) is 11.3 Å². The third kappa shape index (κ3) is 5.15. The van der Waals surface area contributed by atoms with Gasteiger partial charge >= 0.3 is 5.97 Å². The van der Waals surface area contributed by atoms with Crippen LogP contribution in [0.1, 0.15) is 29.0 Å². The van der Waals surface area contributed by atoms with Crippen LogP contribution < -0.4 is 14.8 Å². The molecule has 0 radical (unpaired) electrons. The Labute approximate surface area is 178 Å². The number of amides is 1. The molecule has 0 saturated carbocycles. The molecule has 1 N–H and O–H groups in total. The van der Waals surface area contributed by atoms with Crippen LogP contribution in [0.25, 0.3) is 10.6 Å². The van der Waals surface area contributed by atoms with Crippen LogP contribution in [-0.2, 0) is 9.53 Å². The van der Waals surface area contributed by atoms with Crippen LogP contribution in [0.2, 0.25) is 0 Å². The monoisotopic (exact) mass is 426 g/mol. The molecule has 1 heterocycles. The van der Waals surface area contributed by atoms with E-state index in [4.69, 9.17) is 14.2 Å². The second-order valence-corrected chi connectivity index (χ2v) is 7.24. The summed E-state index contributed by atoms with van der Waals surface area (Å²) in [4.78, 5) is 28.8. The normalized spacial score (nSPS) is 11.4. The fourth-order valence-corrected chi connectivity index (χ4v) is 3.62. The molecule has 156 valence electrons. The zero-order valence-corrected chi connectivity index (χ0v) is 17.7. The number of esters is 1. The standard InChI is InChI=1S/C22H22N2O5S/c1-14(17-11-16(27-2)9-10-19(17)28-3)23-20(25)12-29-22(26)18-13-30-21(24-18)15-7-5-4-6-8-15/h4-11,13-14H,12H2,1-3H3,(H,23,25). The molecule has 0 spiro atoms. The molecule has 1 atom stereocenters. The van der Waals surface area contributed by atoms with E-state index in [2.05, 4.69) is 10.3 Å². The highest BCUT2D eigenvalue weighted by Crippen LogP contribution is 2.29. The highest BCUT2D eigenvalue weighted by atomic mass is 32.1. The highest BCUT2D eigenvalue weighted by Gasteiger charge is 2.18. The highest BCUT2D eigenvalue weighted by molar-refractivity contribution is 7.13. The predicted molar refractivity (Wildman–Crippen MR) is 114 cm³/mol. The number of hydrogen-bond donors (Lipinski definition) is 1. The Morgan fingerprint density at radius 2 is 1.87 bits per heavy atom. The molecule has 0 aliphatic heterocycles. The maximum absolute atomic E-state index is 12.3. The number of methoxy groups -OCH3 is 2. The van der Waals surface area contributed by atoms with Gasteiger partial charge in [-0.1, -0.05) is 30.3 Å². The molecule has 3 rings (SSSR count). The van der Waals surface area contributed by atoms with Gasteiger partial charge in [0.15, 0.2) is 12.3 Å². The van der Waals surface area contributed by atoms with E-state index < -0.39 is 18.5 Å². The number of nitrogens with zero attached hydrogens (tertiary/aromatic N) is 1. The number of benzene rings is 2. The Kier molecular flexibility index (Phi) is 7.03. The van der Waals surface area contributed by atoms with Crippen molar-refractivity contribution < 1.29 is 23.8 Å². The third-order valence-corrected chi connectivity index (χ3v) is 5.24. The average molecular weight is 426 g/mol. The van der Waals surface area contributed by atoms with E-state index in [-0.39, 0.29) is 11.7 Å². The molecule has 0 aliphatic carbocycles. The Morgan fingerprint density at radius 3 is 2.57 bits per heavy atom. The molecule has 0 saturated heterocycles. The summed E-state index contributed by atoms with van der Waals surface area (Å²) < 4.78 is 15.7. The first-order valence-electron chi connectivity index (χ1n) is 9.21. The van der Waals surface area contributed by atoms with E-state index in [9.17, 15) is 9.59 Å². The van der Waals surface area contributed by atoms with Crippen LogP contribution in [0.5, 0.6) is 11.5 Å². The molecule has 7 nitrogen and oxygen atoms in total. The molecule has 1 aromatic heterocycles. The summed E-state index contributed by atoms with van der Waals surface area (Å²) in [5.74, 6) is 0.196. The van der Waals surface area contributed by atoms with E-state index in [1.54, 1.807) is 37.8 Å². The van der Waals surface area contributed by atoms with Crippen LogP contribution in [0.15, 0.2) is 53.9 Å². The van der Waals surface area contributed by atoms with Crippen molar-refractivity contribution in [2.45, 2.75) is 13.0 Å². The van der Waals surface area contributed by atoms with Crippen LogP contribution in [0.4, 0.5) is 0 Å². The van der Waals surface area contributed by atoms with Gasteiger partial charge in [0, 0.05) is 16.5 Å². The van der Waals surface area contributed by atoms with Crippen molar-refractivity contribution in [1.29, 1.82) is 0 Å². The summed E-state index contributed by atoms with van der Waals surface area (Å²) in [5.41, 5.74) is 1.85. The molecule has 3 aromatic rings. The van der Waals surface area contributed by atoms with Crippen molar-refractivity contribution in [2.75, 3.05) is 20.8 Å². The Hall–Kier alpha value is -3.39. The Bertz CT molecular complexity index is 1020. The minimum absolute atomic E-state index is 0.175. The van der Waals surface area contributed by atoms with Crippen molar-refractivity contribution in [1.82, 2.24) is 10.3 Å². The average Bonchev–Trinajstić information content (AvgIpc) is 3.28. The van der Waals surface area contributed by atoms with Gasteiger partial charge in [-0.25, -0.2) is 9.78 Å². The molecular weight excluding hydrogens is 404 g/mol. The molecule has 30 heavy (non-hydrogen) atoms. The molecule has 2 aromatic carbocycles. The predicted octanol–water partition coefficient (Wildman–Crippen LogP) is 3.86. The van der Waals surface area contributed by atoms with E-state index >= 15 is 0 Å². The van der Waals surface area contributed by atoms with Crippen LogP contribution >= 0.6 is 11.3 Å². The minimum atomic E-state index is -0.643. The quantitative estimate of drug-likeness (QED) is 0.551.